The number of anilines is 1. The number of aryl methyl sites for hydroxylation is 2. The van der Waals surface area contributed by atoms with Crippen molar-refractivity contribution in [3.05, 3.63) is 138 Å². The van der Waals surface area contributed by atoms with E-state index in [1.54, 1.807) is 61.9 Å². The van der Waals surface area contributed by atoms with E-state index in [-0.39, 0.29) is 17.4 Å². The number of carbonyl (C=O) groups excluding carboxylic acids is 2. The zero-order valence-corrected chi connectivity index (χ0v) is 27.4. The van der Waals surface area contributed by atoms with Crippen molar-refractivity contribution in [2.24, 2.45) is 4.99 Å². The molecule has 1 aliphatic rings. The molecular weight excluding hydrogens is 614 g/mol. The Morgan fingerprint density at radius 3 is 2.43 bits per heavy atom. The summed E-state index contributed by atoms with van der Waals surface area (Å²) in [6.45, 7) is 7.79. The SMILES string of the molecule is CCOC(=O)c1ccc(-c2ccc(/C=c3/sc4n(c3=O)[C@H](c3ccc(OC)cc3)C(C(=O)Nc3ccc(C)cc3C)=C(C)N=4)o2)cc1. The van der Waals surface area contributed by atoms with E-state index in [1.807, 2.05) is 62.4 Å². The van der Waals surface area contributed by atoms with Crippen molar-refractivity contribution in [1.82, 2.24) is 4.57 Å². The van der Waals surface area contributed by atoms with Gasteiger partial charge < -0.3 is 19.2 Å². The summed E-state index contributed by atoms with van der Waals surface area (Å²) in [4.78, 5) is 45.3. The number of benzene rings is 3. The molecule has 3 aromatic carbocycles. The Bertz CT molecular complexity index is 2210. The van der Waals surface area contributed by atoms with Crippen LogP contribution in [-0.2, 0) is 9.53 Å². The summed E-state index contributed by atoms with van der Waals surface area (Å²) < 4.78 is 18.5. The first-order valence-electron chi connectivity index (χ1n) is 15.1. The van der Waals surface area contributed by atoms with Crippen LogP contribution in [0.2, 0.25) is 0 Å². The molecule has 1 aliphatic heterocycles. The monoisotopic (exact) mass is 647 g/mol. The van der Waals surface area contributed by atoms with Gasteiger partial charge in [-0.05, 0) is 81.3 Å². The van der Waals surface area contributed by atoms with Crippen molar-refractivity contribution in [1.29, 1.82) is 0 Å². The number of nitrogens with one attached hydrogen (secondary N) is 1. The molecule has 0 saturated heterocycles. The number of rotatable bonds is 8. The standard InChI is InChI=1S/C37H33N3O6S/c1-6-45-36(43)26-10-8-24(9-11-26)30-18-16-28(46-30)20-31-35(42)40-33(25-12-14-27(44-5)15-13-25)32(23(4)38-37(40)47-31)34(41)39-29-17-7-21(2)19-22(29)3/h7-20,33H,6H2,1-5H3,(H,39,41)/b31-20+/t33-/m1/s1. The zero-order chi connectivity index (χ0) is 33.2. The van der Waals surface area contributed by atoms with Crippen LogP contribution in [0.4, 0.5) is 5.69 Å². The Kier molecular flexibility index (Phi) is 8.78. The average molecular weight is 648 g/mol. The highest BCUT2D eigenvalue weighted by molar-refractivity contribution is 7.07. The molecule has 0 radical (unpaired) electrons. The molecule has 47 heavy (non-hydrogen) atoms. The summed E-state index contributed by atoms with van der Waals surface area (Å²) in [6.07, 6.45) is 1.68. The minimum absolute atomic E-state index is 0.296. The van der Waals surface area contributed by atoms with Crippen LogP contribution in [0.1, 0.15) is 52.7 Å². The third-order valence-corrected chi connectivity index (χ3v) is 8.89. The lowest BCUT2D eigenvalue weighted by molar-refractivity contribution is -0.113. The Morgan fingerprint density at radius 2 is 1.74 bits per heavy atom. The van der Waals surface area contributed by atoms with E-state index in [4.69, 9.17) is 18.9 Å². The summed E-state index contributed by atoms with van der Waals surface area (Å²) in [5, 5.41) is 3.05. The molecule has 0 saturated carbocycles. The molecule has 0 unspecified atom stereocenters. The lowest BCUT2D eigenvalue weighted by atomic mass is 9.95. The van der Waals surface area contributed by atoms with Gasteiger partial charge in [0.1, 0.15) is 17.3 Å². The number of methoxy groups -OCH3 is 1. The number of hydrogen-bond donors (Lipinski definition) is 1. The van der Waals surface area contributed by atoms with Crippen molar-refractivity contribution in [3.8, 4) is 17.1 Å². The first kappa shape index (κ1) is 31.5. The molecule has 9 nitrogen and oxygen atoms in total. The van der Waals surface area contributed by atoms with Crippen LogP contribution in [0.5, 0.6) is 5.75 Å². The van der Waals surface area contributed by atoms with Gasteiger partial charge in [0.05, 0.1) is 41.1 Å². The van der Waals surface area contributed by atoms with Gasteiger partial charge in [-0.3, -0.25) is 14.2 Å². The molecule has 1 amide bonds. The Hall–Kier alpha value is -5.48. The number of allylic oxidation sites excluding steroid dienone is 1. The first-order valence-corrected chi connectivity index (χ1v) is 15.9. The maximum absolute atomic E-state index is 14.1. The highest BCUT2D eigenvalue weighted by Gasteiger charge is 2.32. The van der Waals surface area contributed by atoms with Crippen LogP contribution < -0.4 is 24.9 Å². The van der Waals surface area contributed by atoms with Gasteiger partial charge in [-0.2, -0.15) is 0 Å². The van der Waals surface area contributed by atoms with Gasteiger partial charge in [-0.1, -0.05) is 53.3 Å². The topological polar surface area (TPSA) is 112 Å². The molecule has 0 fully saturated rings. The number of furan rings is 1. The van der Waals surface area contributed by atoms with E-state index in [0.717, 1.165) is 22.3 Å². The zero-order valence-electron chi connectivity index (χ0n) is 26.6. The Morgan fingerprint density at radius 1 is 1.00 bits per heavy atom. The highest BCUT2D eigenvalue weighted by Crippen LogP contribution is 2.32. The lowest BCUT2D eigenvalue weighted by Gasteiger charge is -2.25. The van der Waals surface area contributed by atoms with E-state index in [2.05, 4.69) is 5.32 Å². The maximum Gasteiger partial charge on any atom is 0.338 e. The second kappa shape index (κ2) is 13.1. The molecule has 0 bridgehead atoms. The largest absolute Gasteiger partial charge is 0.497 e. The predicted molar refractivity (Wildman–Crippen MR) is 181 cm³/mol. The molecule has 238 valence electrons. The molecule has 10 heteroatoms. The number of aromatic nitrogens is 1. The van der Waals surface area contributed by atoms with Crippen LogP contribution in [0.15, 0.2) is 104 Å². The van der Waals surface area contributed by atoms with Crippen LogP contribution in [-0.4, -0.2) is 30.2 Å². The van der Waals surface area contributed by atoms with Gasteiger partial charge >= 0.3 is 5.97 Å². The predicted octanol–water partition coefficient (Wildman–Crippen LogP) is 5.94. The van der Waals surface area contributed by atoms with E-state index in [0.29, 0.717) is 55.7 Å². The van der Waals surface area contributed by atoms with Crippen molar-refractivity contribution in [2.45, 2.75) is 33.7 Å². The van der Waals surface area contributed by atoms with Gasteiger partial charge in [0.25, 0.3) is 11.5 Å². The van der Waals surface area contributed by atoms with Gasteiger partial charge in [0.2, 0.25) is 0 Å². The second-order valence-electron chi connectivity index (χ2n) is 11.1. The number of nitrogens with zero attached hydrogens (tertiary/aromatic N) is 2. The molecule has 3 heterocycles. The summed E-state index contributed by atoms with van der Waals surface area (Å²) >= 11 is 1.23. The highest BCUT2D eigenvalue weighted by atomic mass is 32.1. The van der Waals surface area contributed by atoms with Crippen LogP contribution in [0.25, 0.3) is 17.4 Å². The minimum Gasteiger partial charge on any atom is -0.497 e. The number of thiazole rings is 1. The minimum atomic E-state index is -0.727. The van der Waals surface area contributed by atoms with Gasteiger partial charge in [0.15, 0.2) is 4.80 Å². The van der Waals surface area contributed by atoms with E-state index in [9.17, 15) is 14.4 Å². The van der Waals surface area contributed by atoms with Gasteiger partial charge in [-0.15, -0.1) is 0 Å². The fourth-order valence-electron chi connectivity index (χ4n) is 5.56. The molecule has 0 spiro atoms. The Balaban J connectivity index is 1.39. The molecule has 2 aromatic heterocycles. The van der Waals surface area contributed by atoms with Crippen LogP contribution in [0, 0.1) is 13.8 Å². The summed E-state index contributed by atoms with van der Waals surface area (Å²) in [6, 6.07) is 23.0. The third-order valence-electron chi connectivity index (χ3n) is 7.91. The van der Waals surface area contributed by atoms with E-state index in [1.165, 1.54) is 11.3 Å². The molecule has 1 N–H and O–H groups in total. The van der Waals surface area contributed by atoms with Crippen molar-refractivity contribution in [3.63, 3.8) is 0 Å². The number of ether oxygens (including phenoxy) is 2. The molecule has 6 rings (SSSR count). The fraction of sp³-hybridized carbons (Fsp3) is 0.189. The quantitative estimate of drug-likeness (QED) is 0.209. The summed E-state index contributed by atoms with van der Waals surface area (Å²) in [7, 11) is 1.59. The fourth-order valence-corrected chi connectivity index (χ4v) is 6.58. The summed E-state index contributed by atoms with van der Waals surface area (Å²) in [5.74, 6) is 0.995. The van der Waals surface area contributed by atoms with Crippen molar-refractivity contribution in [2.75, 3.05) is 19.0 Å². The smallest absolute Gasteiger partial charge is 0.338 e. The third kappa shape index (κ3) is 6.32. The number of fused-ring (bicyclic) bond motifs is 1. The number of esters is 1. The van der Waals surface area contributed by atoms with Gasteiger partial charge in [0, 0.05) is 17.3 Å². The second-order valence-corrected chi connectivity index (χ2v) is 12.1. The number of amides is 1. The van der Waals surface area contributed by atoms with E-state index >= 15 is 0 Å². The molecule has 5 aromatic rings. The van der Waals surface area contributed by atoms with Crippen molar-refractivity contribution >= 4 is 35.0 Å². The van der Waals surface area contributed by atoms with E-state index < -0.39 is 6.04 Å². The molecular formula is C37H33N3O6S. The number of carbonyl (C=O) groups is 2. The number of hydrogen-bond acceptors (Lipinski definition) is 8. The lowest BCUT2D eigenvalue weighted by Crippen LogP contribution is -2.40. The van der Waals surface area contributed by atoms with Crippen LogP contribution >= 0.6 is 11.3 Å². The molecule has 0 aliphatic carbocycles. The van der Waals surface area contributed by atoms with Gasteiger partial charge in [-0.25, -0.2) is 9.79 Å². The average Bonchev–Trinajstić information content (AvgIpc) is 3.65. The molecule has 1 atom stereocenters. The normalized spacial score (nSPS) is 14.4. The maximum atomic E-state index is 14.1. The van der Waals surface area contributed by atoms with Crippen LogP contribution in [0.3, 0.4) is 0 Å². The summed E-state index contributed by atoms with van der Waals surface area (Å²) in [5.41, 5.74) is 5.28. The first-order chi connectivity index (χ1) is 22.7. The van der Waals surface area contributed by atoms with Crippen molar-refractivity contribution < 1.29 is 23.5 Å². The Labute approximate surface area is 275 Å².